The van der Waals surface area contributed by atoms with Crippen LogP contribution < -0.4 is 20.9 Å². The Morgan fingerprint density at radius 2 is 1.73 bits per heavy atom. The number of benzene rings is 2. The number of carbonyl (C=O) groups is 2. The van der Waals surface area contributed by atoms with Crippen LogP contribution in [0.3, 0.4) is 0 Å². The Morgan fingerprint density at radius 3 is 2.43 bits per heavy atom. The summed E-state index contributed by atoms with van der Waals surface area (Å²) in [7, 11) is -3.92. The summed E-state index contributed by atoms with van der Waals surface area (Å²) in [5, 5.41) is 1.51. The molecule has 2 aromatic carbocycles. The van der Waals surface area contributed by atoms with Gasteiger partial charge >= 0.3 is 5.97 Å². The molecule has 1 saturated heterocycles. The number of esters is 1. The van der Waals surface area contributed by atoms with Gasteiger partial charge in [0.25, 0.3) is 10.0 Å². The van der Waals surface area contributed by atoms with Gasteiger partial charge in [0.05, 0.1) is 18.1 Å². The van der Waals surface area contributed by atoms with Crippen LogP contribution in [0.5, 0.6) is 0 Å². The molecule has 3 atom stereocenters. The van der Waals surface area contributed by atoms with Crippen LogP contribution in [0.4, 0.5) is 11.4 Å². The van der Waals surface area contributed by atoms with Crippen LogP contribution in [-0.4, -0.2) is 38.3 Å². The predicted octanol–water partition coefficient (Wildman–Crippen LogP) is 1.68. The third-order valence-corrected chi connectivity index (χ3v) is 6.23. The molecule has 0 aromatic heterocycles. The fraction of sp³-hybridized carbons (Fsp3) is 0.300. The van der Waals surface area contributed by atoms with Gasteiger partial charge in [0.1, 0.15) is 0 Å². The summed E-state index contributed by atoms with van der Waals surface area (Å²) < 4.78 is 33.2. The molecule has 0 bridgehead atoms. The van der Waals surface area contributed by atoms with E-state index in [0.717, 1.165) is 0 Å². The maximum Gasteiger partial charge on any atom is 0.338 e. The minimum Gasteiger partial charge on any atom is -0.462 e. The zero-order valence-electron chi connectivity index (χ0n) is 16.6. The summed E-state index contributed by atoms with van der Waals surface area (Å²) in [4.78, 5) is 24.8. The molecule has 0 radical (unpaired) electrons. The predicted molar refractivity (Wildman–Crippen MR) is 113 cm³/mol. The van der Waals surface area contributed by atoms with Crippen LogP contribution >= 0.6 is 0 Å². The number of anilines is 2. The van der Waals surface area contributed by atoms with Crippen LogP contribution in [-0.2, 0) is 19.6 Å². The maximum atomic E-state index is 12.9. The molecule has 1 heterocycles. The van der Waals surface area contributed by atoms with E-state index in [1.165, 1.54) is 6.07 Å². The van der Waals surface area contributed by atoms with Crippen LogP contribution in [0, 0.1) is 5.92 Å². The van der Waals surface area contributed by atoms with Gasteiger partial charge in [-0.25, -0.2) is 18.6 Å². The molecule has 160 valence electrons. The Balaban J connectivity index is 1.77. The van der Waals surface area contributed by atoms with Crippen LogP contribution in [0.2, 0.25) is 0 Å². The van der Waals surface area contributed by atoms with Crippen LogP contribution in [0.25, 0.3) is 0 Å². The quantitative estimate of drug-likeness (QED) is 0.491. The zero-order chi connectivity index (χ0) is 21.7. The fourth-order valence-corrected chi connectivity index (χ4v) is 4.75. The Kier molecular flexibility index (Phi) is 6.70. The molecule has 0 saturated carbocycles. The monoisotopic (exact) mass is 432 g/mol. The maximum absolute atomic E-state index is 12.9. The average molecular weight is 433 g/mol. The van der Waals surface area contributed by atoms with Gasteiger partial charge in [0.2, 0.25) is 5.91 Å². The number of amides is 1. The van der Waals surface area contributed by atoms with Crippen molar-refractivity contribution in [1.29, 1.82) is 0 Å². The third-order valence-electron chi connectivity index (χ3n) is 4.63. The average Bonchev–Trinajstić information content (AvgIpc) is 3.11. The summed E-state index contributed by atoms with van der Waals surface area (Å²) in [5.41, 5.74) is 6.58. The van der Waals surface area contributed by atoms with Crippen molar-refractivity contribution >= 4 is 33.3 Å². The Morgan fingerprint density at radius 1 is 1.03 bits per heavy atom. The van der Waals surface area contributed by atoms with Crippen molar-refractivity contribution < 1.29 is 22.7 Å². The minimum atomic E-state index is -3.92. The van der Waals surface area contributed by atoms with E-state index in [1.807, 2.05) is 0 Å². The number of rotatable bonds is 7. The number of hydrogen-bond donors (Lipinski definition) is 4. The zero-order valence-corrected chi connectivity index (χ0v) is 17.4. The molecule has 1 aliphatic heterocycles. The van der Waals surface area contributed by atoms with Gasteiger partial charge in [0.15, 0.2) is 5.37 Å². The number of para-hydroxylation sites is 1. The number of hydrogen-bond acceptors (Lipinski definition) is 7. The highest BCUT2D eigenvalue weighted by atomic mass is 32.2. The Bertz CT molecular complexity index is 1010. The first kappa shape index (κ1) is 21.8. The molecule has 1 fully saturated rings. The van der Waals surface area contributed by atoms with Crippen LogP contribution in [0.15, 0.2) is 54.6 Å². The molecule has 3 rings (SSSR count). The van der Waals surface area contributed by atoms with Gasteiger partial charge in [-0.05, 0) is 44.2 Å². The summed E-state index contributed by atoms with van der Waals surface area (Å²) in [5.74, 6) is -1.92. The number of hydrazine groups is 1. The standard InChI is InChI=1S/C20H24N4O5S/c1-3-29-20(26)14-8-7-11-16(12-14)21-18(25)17-13(2)22-23-19(17)30(27,28)24-15-9-5-4-6-10-15/h4-13,17,19,22-24H,3H2,1-2H3,(H,21,25). The van der Waals surface area contributed by atoms with Crippen LogP contribution in [0.1, 0.15) is 24.2 Å². The highest BCUT2D eigenvalue weighted by molar-refractivity contribution is 7.93. The van der Waals surface area contributed by atoms with Gasteiger partial charge < -0.3 is 10.1 Å². The van der Waals surface area contributed by atoms with Crippen molar-refractivity contribution in [2.24, 2.45) is 5.92 Å². The normalized spacial score (nSPS) is 21.1. The second-order valence-corrected chi connectivity index (χ2v) is 8.63. The first-order valence-corrected chi connectivity index (χ1v) is 11.0. The van der Waals surface area contributed by atoms with Crippen molar-refractivity contribution in [3.05, 3.63) is 60.2 Å². The summed E-state index contributed by atoms with van der Waals surface area (Å²) in [6.45, 7) is 3.65. The first-order chi connectivity index (χ1) is 14.3. The minimum absolute atomic E-state index is 0.236. The summed E-state index contributed by atoms with van der Waals surface area (Å²) in [6.07, 6.45) is 0. The molecule has 3 unspecified atom stereocenters. The van der Waals surface area contributed by atoms with Gasteiger partial charge in [-0.3, -0.25) is 14.9 Å². The van der Waals surface area contributed by atoms with Gasteiger partial charge in [-0.1, -0.05) is 24.3 Å². The molecule has 2 aromatic rings. The molecule has 0 aliphatic carbocycles. The lowest BCUT2D eigenvalue weighted by atomic mass is 10.0. The van der Waals surface area contributed by atoms with E-state index < -0.39 is 39.2 Å². The van der Waals surface area contributed by atoms with E-state index >= 15 is 0 Å². The Hall–Kier alpha value is -2.95. The molecule has 9 nitrogen and oxygen atoms in total. The highest BCUT2D eigenvalue weighted by Gasteiger charge is 2.46. The van der Waals surface area contributed by atoms with Crippen molar-refractivity contribution in [3.8, 4) is 0 Å². The lowest BCUT2D eigenvalue weighted by Gasteiger charge is -2.21. The van der Waals surface area contributed by atoms with Gasteiger partial charge in [0, 0.05) is 17.4 Å². The fourth-order valence-electron chi connectivity index (χ4n) is 3.19. The van der Waals surface area contributed by atoms with Crippen molar-refractivity contribution in [1.82, 2.24) is 10.9 Å². The Labute approximate surface area is 175 Å². The lowest BCUT2D eigenvalue weighted by Crippen LogP contribution is -2.45. The number of carbonyl (C=O) groups excluding carboxylic acids is 2. The molecular formula is C20H24N4O5S. The van der Waals surface area contributed by atoms with E-state index in [-0.39, 0.29) is 6.61 Å². The van der Waals surface area contributed by atoms with E-state index in [9.17, 15) is 18.0 Å². The second kappa shape index (κ2) is 9.24. The van der Waals surface area contributed by atoms with E-state index in [0.29, 0.717) is 16.9 Å². The molecule has 1 amide bonds. The third kappa shape index (κ3) is 4.96. The van der Waals surface area contributed by atoms with Gasteiger partial charge in [-0.2, -0.15) is 0 Å². The molecule has 1 aliphatic rings. The number of nitrogens with one attached hydrogen (secondary N) is 4. The van der Waals surface area contributed by atoms with Crippen molar-refractivity contribution in [3.63, 3.8) is 0 Å². The molecule has 30 heavy (non-hydrogen) atoms. The highest BCUT2D eigenvalue weighted by Crippen LogP contribution is 2.24. The SMILES string of the molecule is CCOC(=O)c1cccc(NC(=O)C2C(C)NNC2S(=O)(=O)Nc2ccccc2)c1. The summed E-state index contributed by atoms with van der Waals surface area (Å²) >= 11 is 0. The topological polar surface area (TPSA) is 126 Å². The van der Waals surface area contributed by atoms with Crippen molar-refractivity contribution in [2.45, 2.75) is 25.3 Å². The van der Waals surface area contributed by atoms with E-state index in [2.05, 4.69) is 20.9 Å². The van der Waals surface area contributed by atoms with E-state index in [4.69, 9.17) is 4.74 Å². The molecule has 10 heteroatoms. The largest absolute Gasteiger partial charge is 0.462 e. The number of ether oxygens (including phenoxy) is 1. The van der Waals surface area contributed by atoms with Gasteiger partial charge in [-0.15, -0.1) is 0 Å². The summed E-state index contributed by atoms with van der Waals surface area (Å²) in [6, 6.07) is 14.3. The second-order valence-electron chi connectivity index (χ2n) is 6.83. The molecule has 4 N–H and O–H groups in total. The molecule has 0 spiro atoms. The molecular weight excluding hydrogens is 408 g/mol. The van der Waals surface area contributed by atoms with E-state index in [1.54, 1.807) is 62.4 Å². The van der Waals surface area contributed by atoms with Crippen molar-refractivity contribution in [2.75, 3.05) is 16.6 Å². The first-order valence-electron chi connectivity index (χ1n) is 9.47. The lowest BCUT2D eigenvalue weighted by molar-refractivity contribution is -0.119. The smallest absolute Gasteiger partial charge is 0.338 e. The number of sulfonamides is 1.